The Labute approximate surface area is 102 Å². The second-order valence-electron chi connectivity index (χ2n) is 3.61. The van der Waals surface area contributed by atoms with Gasteiger partial charge in [0.25, 0.3) is 0 Å². The molecule has 2 rings (SSSR count). The molecule has 0 aromatic heterocycles. The monoisotopic (exact) mass is 255 g/mol. The van der Waals surface area contributed by atoms with Crippen molar-refractivity contribution in [3.8, 4) is 5.75 Å². The van der Waals surface area contributed by atoms with E-state index in [9.17, 15) is 13.6 Å². The Morgan fingerprint density at radius 3 is 3.00 bits per heavy atom. The summed E-state index contributed by atoms with van der Waals surface area (Å²) >= 11 is 0. The number of halogens is 2. The first-order chi connectivity index (χ1) is 8.60. The number of benzene rings is 1. The van der Waals surface area contributed by atoms with Crippen LogP contribution in [0.25, 0.3) is 6.08 Å². The third-order valence-electron chi connectivity index (χ3n) is 2.28. The van der Waals surface area contributed by atoms with Gasteiger partial charge in [0.2, 0.25) is 0 Å². The van der Waals surface area contributed by atoms with Crippen LogP contribution in [0.3, 0.4) is 0 Å². The van der Waals surface area contributed by atoms with Crippen LogP contribution in [0, 0.1) is 11.6 Å². The van der Waals surface area contributed by atoms with Crippen LogP contribution in [0.5, 0.6) is 5.75 Å². The number of rotatable bonds is 2. The fourth-order valence-electron chi connectivity index (χ4n) is 1.59. The molecule has 1 aromatic rings. The molecular weight excluding hydrogens is 244 g/mol. The van der Waals surface area contributed by atoms with E-state index >= 15 is 0 Å². The van der Waals surface area contributed by atoms with Gasteiger partial charge in [-0.2, -0.15) is 0 Å². The molecule has 96 valence electrons. The van der Waals surface area contributed by atoms with Crippen LogP contribution in [-0.2, 0) is 4.74 Å². The highest BCUT2D eigenvalue weighted by Crippen LogP contribution is 2.29. The first-order valence-corrected chi connectivity index (χ1v) is 5.36. The van der Waals surface area contributed by atoms with Crippen molar-refractivity contribution in [2.45, 2.75) is 6.92 Å². The molecule has 0 unspecified atom stereocenters. The van der Waals surface area contributed by atoms with Crippen molar-refractivity contribution in [2.24, 2.45) is 0 Å². The molecule has 6 heteroatoms. The minimum Gasteiger partial charge on any atom is -0.484 e. The Bertz CT molecular complexity index is 514. The highest BCUT2D eigenvalue weighted by atomic mass is 19.1. The van der Waals surface area contributed by atoms with Gasteiger partial charge in [0.15, 0.2) is 11.6 Å². The van der Waals surface area contributed by atoms with Gasteiger partial charge in [0.05, 0.1) is 12.3 Å². The van der Waals surface area contributed by atoms with Gasteiger partial charge in [0.1, 0.15) is 12.4 Å². The minimum absolute atomic E-state index is 0.00559. The fourth-order valence-corrected chi connectivity index (χ4v) is 1.59. The van der Waals surface area contributed by atoms with Gasteiger partial charge in [-0.25, -0.2) is 13.6 Å². The molecule has 18 heavy (non-hydrogen) atoms. The van der Waals surface area contributed by atoms with Gasteiger partial charge >= 0.3 is 6.09 Å². The number of carbonyl (C=O) groups excluding carboxylic acids is 1. The van der Waals surface area contributed by atoms with E-state index < -0.39 is 17.7 Å². The molecule has 0 aliphatic carbocycles. The van der Waals surface area contributed by atoms with Crippen LogP contribution in [-0.4, -0.2) is 19.3 Å². The molecule has 0 radical (unpaired) electrons. The van der Waals surface area contributed by atoms with Crippen molar-refractivity contribution in [1.82, 2.24) is 5.32 Å². The summed E-state index contributed by atoms with van der Waals surface area (Å²) in [6.45, 7) is 1.90. The van der Waals surface area contributed by atoms with E-state index in [2.05, 4.69) is 10.1 Å². The van der Waals surface area contributed by atoms with Gasteiger partial charge in [-0.1, -0.05) is 0 Å². The predicted octanol–water partition coefficient (Wildman–Crippen LogP) is 2.44. The summed E-state index contributed by atoms with van der Waals surface area (Å²) in [4.78, 5) is 11.2. The quantitative estimate of drug-likeness (QED) is 0.883. The Balaban J connectivity index is 2.22. The average molecular weight is 255 g/mol. The van der Waals surface area contributed by atoms with Crippen LogP contribution in [0.1, 0.15) is 12.5 Å². The van der Waals surface area contributed by atoms with Crippen molar-refractivity contribution >= 4 is 12.2 Å². The highest BCUT2D eigenvalue weighted by Gasteiger charge is 2.18. The van der Waals surface area contributed by atoms with E-state index in [0.29, 0.717) is 5.70 Å². The summed E-state index contributed by atoms with van der Waals surface area (Å²) in [7, 11) is 0. The molecule has 0 spiro atoms. The van der Waals surface area contributed by atoms with Crippen LogP contribution in [0.15, 0.2) is 17.8 Å². The molecule has 4 nitrogen and oxygen atoms in total. The summed E-state index contributed by atoms with van der Waals surface area (Å²) in [6.07, 6.45) is 0.815. The van der Waals surface area contributed by atoms with E-state index in [-0.39, 0.29) is 24.5 Å². The lowest BCUT2D eigenvalue weighted by molar-refractivity contribution is 0.153. The molecular formula is C12H11F2NO3. The Morgan fingerprint density at radius 1 is 1.50 bits per heavy atom. The minimum atomic E-state index is -0.767. The molecule has 0 fully saturated rings. The fraction of sp³-hybridized carbons (Fsp3) is 0.250. The zero-order valence-corrected chi connectivity index (χ0v) is 9.63. The Kier molecular flexibility index (Phi) is 3.45. The summed E-state index contributed by atoms with van der Waals surface area (Å²) < 4.78 is 36.2. The standard InChI is InChI=1S/C12H11F2NO3/c1-2-17-12(16)15-9-4-7-3-8(13)5-10(14)11(7)18-6-9/h3-5H,2,6H2,1H3,(H,15,16). The average Bonchev–Trinajstić information content (AvgIpc) is 2.28. The number of hydrogen-bond acceptors (Lipinski definition) is 3. The molecule has 0 atom stereocenters. The number of nitrogens with one attached hydrogen (secondary N) is 1. The molecule has 1 aliphatic rings. The van der Waals surface area contributed by atoms with Gasteiger partial charge < -0.3 is 9.47 Å². The normalized spacial score (nSPS) is 13.2. The van der Waals surface area contributed by atoms with E-state index in [1.807, 2.05) is 0 Å². The molecule has 1 heterocycles. The first-order valence-electron chi connectivity index (χ1n) is 5.36. The van der Waals surface area contributed by atoms with E-state index in [1.165, 1.54) is 6.08 Å². The van der Waals surface area contributed by atoms with Crippen molar-refractivity contribution < 1.29 is 23.0 Å². The number of alkyl carbamates (subject to hydrolysis) is 1. The molecule has 0 bridgehead atoms. The maximum Gasteiger partial charge on any atom is 0.411 e. The van der Waals surface area contributed by atoms with Crippen LogP contribution in [0.2, 0.25) is 0 Å². The van der Waals surface area contributed by atoms with Gasteiger partial charge in [-0.15, -0.1) is 0 Å². The Hall–Kier alpha value is -2.11. The largest absolute Gasteiger partial charge is 0.484 e. The SMILES string of the molecule is CCOC(=O)NC1=Cc2cc(F)cc(F)c2OC1. The number of ether oxygens (including phenoxy) is 2. The van der Waals surface area contributed by atoms with Gasteiger partial charge in [-0.3, -0.25) is 5.32 Å². The van der Waals surface area contributed by atoms with Crippen molar-refractivity contribution in [1.29, 1.82) is 0 Å². The maximum absolute atomic E-state index is 13.3. The Morgan fingerprint density at radius 2 is 2.28 bits per heavy atom. The van der Waals surface area contributed by atoms with E-state index in [0.717, 1.165) is 12.1 Å². The summed E-state index contributed by atoms with van der Waals surface area (Å²) in [5, 5.41) is 2.43. The smallest absolute Gasteiger partial charge is 0.411 e. The van der Waals surface area contributed by atoms with Crippen molar-refractivity contribution in [2.75, 3.05) is 13.2 Å². The highest BCUT2D eigenvalue weighted by molar-refractivity contribution is 5.73. The third-order valence-corrected chi connectivity index (χ3v) is 2.28. The lowest BCUT2D eigenvalue weighted by atomic mass is 10.1. The third kappa shape index (κ3) is 2.58. The summed E-state index contributed by atoms with van der Waals surface area (Å²) in [6, 6.07) is 1.88. The van der Waals surface area contributed by atoms with Crippen molar-refractivity contribution in [3.63, 3.8) is 0 Å². The van der Waals surface area contributed by atoms with Crippen LogP contribution in [0.4, 0.5) is 13.6 Å². The number of carbonyl (C=O) groups is 1. The second kappa shape index (κ2) is 5.03. The zero-order chi connectivity index (χ0) is 13.1. The molecule has 1 aliphatic heterocycles. The zero-order valence-electron chi connectivity index (χ0n) is 9.63. The molecule has 1 aromatic carbocycles. The molecule has 0 saturated carbocycles. The predicted molar refractivity (Wildman–Crippen MR) is 60.0 cm³/mol. The molecule has 1 amide bonds. The molecule has 0 saturated heterocycles. The first kappa shape index (κ1) is 12.3. The van der Waals surface area contributed by atoms with E-state index in [1.54, 1.807) is 6.92 Å². The summed E-state index contributed by atoms with van der Waals surface area (Å²) in [5.41, 5.74) is 0.622. The molecule has 1 N–H and O–H groups in total. The van der Waals surface area contributed by atoms with Crippen molar-refractivity contribution in [3.05, 3.63) is 35.0 Å². The number of amides is 1. The maximum atomic E-state index is 13.3. The van der Waals surface area contributed by atoms with Gasteiger partial charge in [0, 0.05) is 11.6 Å². The lowest BCUT2D eigenvalue weighted by Crippen LogP contribution is -2.28. The lowest BCUT2D eigenvalue weighted by Gasteiger charge is -2.18. The van der Waals surface area contributed by atoms with Crippen LogP contribution >= 0.6 is 0 Å². The number of hydrogen-bond donors (Lipinski definition) is 1. The summed E-state index contributed by atoms with van der Waals surface area (Å²) in [5.74, 6) is -1.49. The second-order valence-corrected chi connectivity index (χ2v) is 3.61. The topological polar surface area (TPSA) is 47.6 Å². The van der Waals surface area contributed by atoms with E-state index in [4.69, 9.17) is 4.74 Å². The number of fused-ring (bicyclic) bond motifs is 1. The van der Waals surface area contributed by atoms with Crippen LogP contribution < -0.4 is 10.1 Å². The van der Waals surface area contributed by atoms with Gasteiger partial charge in [-0.05, 0) is 19.1 Å².